The molecule has 4 nitrogen and oxygen atoms in total. The lowest BCUT2D eigenvalue weighted by Gasteiger charge is -2.13. The number of anilines is 1. The summed E-state index contributed by atoms with van der Waals surface area (Å²) in [5, 5.41) is 1.11. The average molecular weight is 332 g/mol. The summed E-state index contributed by atoms with van der Waals surface area (Å²) in [5.41, 5.74) is 7.96. The number of pyridine rings is 2. The number of hydrogen-bond donors (Lipinski definition) is 1. The second-order valence-corrected chi connectivity index (χ2v) is 5.75. The molecule has 0 amide bonds. The van der Waals surface area contributed by atoms with Crippen LogP contribution in [0.1, 0.15) is 12.5 Å². The number of nitrogens with zero attached hydrogens (tertiary/aromatic N) is 2. The van der Waals surface area contributed by atoms with Crippen molar-refractivity contribution < 1.29 is 4.39 Å². The maximum atomic E-state index is 13.6. The smallest absolute Gasteiger partial charge is 0.258 e. The highest BCUT2D eigenvalue weighted by Gasteiger charge is 2.14. The summed E-state index contributed by atoms with van der Waals surface area (Å²) >= 11 is 5.94. The molecular weight excluding hydrogens is 317 g/mol. The number of aryl methyl sites for hydroxylation is 2. The van der Waals surface area contributed by atoms with Gasteiger partial charge in [0, 0.05) is 23.7 Å². The Morgan fingerprint density at radius 3 is 2.70 bits per heavy atom. The van der Waals surface area contributed by atoms with Gasteiger partial charge in [-0.25, -0.2) is 9.37 Å². The molecule has 118 valence electrons. The maximum Gasteiger partial charge on any atom is 0.258 e. The van der Waals surface area contributed by atoms with E-state index in [0.717, 1.165) is 5.39 Å². The molecule has 0 saturated heterocycles. The van der Waals surface area contributed by atoms with Crippen LogP contribution >= 0.6 is 11.6 Å². The highest BCUT2D eigenvalue weighted by atomic mass is 35.5. The van der Waals surface area contributed by atoms with Crippen molar-refractivity contribution in [2.24, 2.45) is 0 Å². The summed E-state index contributed by atoms with van der Waals surface area (Å²) in [6.45, 7) is 4.11. The van der Waals surface area contributed by atoms with E-state index in [-0.39, 0.29) is 11.2 Å². The molecule has 0 aliphatic heterocycles. The van der Waals surface area contributed by atoms with Gasteiger partial charge in [-0.05, 0) is 49.2 Å². The van der Waals surface area contributed by atoms with Gasteiger partial charge < -0.3 is 10.3 Å². The van der Waals surface area contributed by atoms with E-state index in [2.05, 4.69) is 4.98 Å². The highest BCUT2D eigenvalue weighted by molar-refractivity contribution is 6.30. The van der Waals surface area contributed by atoms with Gasteiger partial charge in [0.25, 0.3) is 5.56 Å². The second-order valence-electron chi connectivity index (χ2n) is 5.36. The summed E-state index contributed by atoms with van der Waals surface area (Å²) in [4.78, 5) is 16.9. The first-order chi connectivity index (χ1) is 10.9. The Morgan fingerprint density at radius 1 is 1.26 bits per heavy atom. The van der Waals surface area contributed by atoms with Gasteiger partial charge in [-0.1, -0.05) is 11.6 Å². The third kappa shape index (κ3) is 2.57. The van der Waals surface area contributed by atoms with Gasteiger partial charge >= 0.3 is 0 Å². The van der Waals surface area contributed by atoms with Crippen LogP contribution in [0.2, 0.25) is 5.15 Å². The zero-order valence-electron chi connectivity index (χ0n) is 12.7. The molecule has 0 saturated carbocycles. The minimum Gasteiger partial charge on any atom is -0.396 e. The Kier molecular flexibility index (Phi) is 3.82. The lowest BCUT2D eigenvalue weighted by molar-refractivity contribution is 0.631. The number of halogens is 2. The van der Waals surface area contributed by atoms with Crippen LogP contribution < -0.4 is 11.3 Å². The SMILES string of the molecule is CCn1c(=O)c(-c2cc(N)c(F)cc2C)cc2cnc(Cl)cc21. The molecule has 2 heterocycles. The van der Waals surface area contributed by atoms with Crippen molar-refractivity contribution in [3.63, 3.8) is 0 Å². The van der Waals surface area contributed by atoms with E-state index < -0.39 is 5.82 Å². The van der Waals surface area contributed by atoms with E-state index in [1.54, 1.807) is 29.8 Å². The Labute approximate surface area is 137 Å². The first-order valence-corrected chi connectivity index (χ1v) is 7.55. The van der Waals surface area contributed by atoms with Crippen LogP contribution in [0.25, 0.3) is 22.0 Å². The van der Waals surface area contributed by atoms with Gasteiger partial charge in [0.1, 0.15) is 11.0 Å². The molecule has 0 aliphatic rings. The van der Waals surface area contributed by atoms with E-state index in [1.165, 1.54) is 12.1 Å². The molecule has 0 atom stereocenters. The largest absolute Gasteiger partial charge is 0.396 e. The van der Waals surface area contributed by atoms with Crippen molar-refractivity contribution >= 4 is 28.2 Å². The standard InChI is InChI=1S/C17H15ClFN3O/c1-3-22-15-7-16(18)21-8-10(15)5-12(17(22)23)11-6-14(20)13(19)4-9(11)2/h4-8H,3,20H2,1-2H3. The molecule has 0 unspecified atom stereocenters. The summed E-state index contributed by atoms with van der Waals surface area (Å²) < 4.78 is 15.2. The normalized spacial score (nSPS) is 11.1. The fourth-order valence-corrected chi connectivity index (χ4v) is 2.89. The predicted octanol–water partition coefficient (Wildman–Crippen LogP) is 3.77. The molecular formula is C17H15ClFN3O. The lowest BCUT2D eigenvalue weighted by atomic mass is 9.99. The average Bonchev–Trinajstić information content (AvgIpc) is 2.51. The molecule has 23 heavy (non-hydrogen) atoms. The van der Waals surface area contributed by atoms with E-state index in [1.807, 2.05) is 6.92 Å². The molecule has 2 N–H and O–H groups in total. The molecule has 2 aromatic heterocycles. The van der Waals surface area contributed by atoms with Crippen LogP contribution in [-0.4, -0.2) is 9.55 Å². The summed E-state index contributed by atoms with van der Waals surface area (Å²) in [5.74, 6) is -0.490. The number of nitrogens with two attached hydrogens (primary N) is 1. The third-order valence-corrected chi connectivity index (χ3v) is 4.10. The quantitative estimate of drug-likeness (QED) is 0.574. The minimum absolute atomic E-state index is 0.0161. The highest BCUT2D eigenvalue weighted by Crippen LogP contribution is 2.28. The first-order valence-electron chi connectivity index (χ1n) is 7.17. The molecule has 0 radical (unpaired) electrons. The Bertz CT molecular complexity index is 982. The third-order valence-electron chi connectivity index (χ3n) is 3.89. The number of benzene rings is 1. The maximum absolute atomic E-state index is 13.6. The van der Waals surface area contributed by atoms with Crippen molar-refractivity contribution in [2.45, 2.75) is 20.4 Å². The van der Waals surface area contributed by atoms with E-state index in [4.69, 9.17) is 17.3 Å². The van der Waals surface area contributed by atoms with E-state index >= 15 is 0 Å². The van der Waals surface area contributed by atoms with Gasteiger partial charge in [0.05, 0.1) is 11.2 Å². The number of fused-ring (bicyclic) bond motifs is 1. The Balaban J connectivity index is 2.39. The topological polar surface area (TPSA) is 60.9 Å². The summed E-state index contributed by atoms with van der Waals surface area (Å²) in [7, 11) is 0. The molecule has 0 bridgehead atoms. The van der Waals surface area contributed by atoms with Gasteiger partial charge in [-0.3, -0.25) is 4.79 Å². The van der Waals surface area contributed by atoms with Crippen LogP contribution in [0, 0.1) is 12.7 Å². The molecule has 0 spiro atoms. The second kappa shape index (κ2) is 5.66. The molecule has 6 heteroatoms. The van der Waals surface area contributed by atoms with Crippen LogP contribution in [0.15, 0.2) is 35.3 Å². The molecule has 0 fully saturated rings. The number of hydrogen-bond acceptors (Lipinski definition) is 3. The molecule has 1 aromatic carbocycles. The summed E-state index contributed by atoms with van der Waals surface area (Å²) in [6, 6.07) is 6.24. The lowest BCUT2D eigenvalue weighted by Crippen LogP contribution is -2.21. The monoisotopic (exact) mass is 331 g/mol. The molecule has 3 rings (SSSR count). The van der Waals surface area contributed by atoms with Crippen LogP contribution in [0.3, 0.4) is 0 Å². The number of nitrogen functional groups attached to an aromatic ring is 1. The van der Waals surface area contributed by atoms with Crippen molar-refractivity contribution in [1.29, 1.82) is 0 Å². The zero-order valence-corrected chi connectivity index (χ0v) is 13.5. The Morgan fingerprint density at radius 2 is 2.00 bits per heavy atom. The molecule has 3 aromatic rings. The van der Waals surface area contributed by atoms with E-state index in [9.17, 15) is 9.18 Å². The van der Waals surface area contributed by atoms with Gasteiger partial charge in [0.2, 0.25) is 0 Å². The van der Waals surface area contributed by atoms with Crippen molar-refractivity contribution in [3.05, 3.63) is 57.3 Å². The molecule has 0 aliphatic carbocycles. The van der Waals surface area contributed by atoms with Gasteiger partial charge in [-0.15, -0.1) is 0 Å². The zero-order chi connectivity index (χ0) is 16.7. The fraction of sp³-hybridized carbons (Fsp3) is 0.176. The van der Waals surface area contributed by atoms with E-state index in [0.29, 0.717) is 33.9 Å². The van der Waals surface area contributed by atoms with Gasteiger partial charge in [0.15, 0.2) is 0 Å². The van der Waals surface area contributed by atoms with Crippen LogP contribution in [0.5, 0.6) is 0 Å². The van der Waals surface area contributed by atoms with Gasteiger partial charge in [-0.2, -0.15) is 0 Å². The summed E-state index contributed by atoms with van der Waals surface area (Å²) in [6.07, 6.45) is 1.62. The fourth-order valence-electron chi connectivity index (χ4n) is 2.73. The number of rotatable bonds is 2. The Hall–Kier alpha value is -2.40. The minimum atomic E-state index is -0.490. The van der Waals surface area contributed by atoms with Crippen LogP contribution in [-0.2, 0) is 6.54 Å². The van der Waals surface area contributed by atoms with Crippen LogP contribution in [0.4, 0.5) is 10.1 Å². The van der Waals surface area contributed by atoms with Crippen molar-refractivity contribution in [3.8, 4) is 11.1 Å². The number of aromatic nitrogens is 2. The predicted molar refractivity (Wildman–Crippen MR) is 91.2 cm³/mol. The first kappa shape index (κ1) is 15.5. The van der Waals surface area contributed by atoms with Crippen molar-refractivity contribution in [2.75, 3.05) is 5.73 Å². The van der Waals surface area contributed by atoms with Crippen molar-refractivity contribution in [1.82, 2.24) is 9.55 Å².